The van der Waals surface area contributed by atoms with E-state index < -0.39 is 6.04 Å². The van der Waals surface area contributed by atoms with Crippen LogP contribution in [0.25, 0.3) is 0 Å². The van der Waals surface area contributed by atoms with Gasteiger partial charge in [0.05, 0.1) is 12.5 Å². The van der Waals surface area contributed by atoms with Crippen LogP contribution < -0.4 is 5.73 Å². The van der Waals surface area contributed by atoms with Crippen LogP contribution in [0, 0.1) is 18.3 Å². The van der Waals surface area contributed by atoms with Gasteiger partial charge in [-0.15, -0.1) is 0 Å². The first-order valence-electron chi connectivity index (χ1n) is 4.18. The van der Waals surface area contributed by atoms with Crippen LogP contribution >= 0.6 is 11.6 Å². The van der Waals surface area contributed by atoms with Crippen LogP contribution in [-0.4, -0.2) is 5.11 Å². The highest BCUT2D eigenvalue weighted by Crippen LogP contribution is 2.34. The van der Waals surface area contributed by atoms with Crippen molar-refractivity contribution in [3.63, 3.8) is 0 Å². The first kappa shape index (κ1) is 10.8. The molecule has 0 aliphatic carbocycles. The molecule has 0 radical (unpaired) electrons. The molecule has 0 aromatic heterocycles. The van der Waals surface area contributed by atoms with E-state index in [4.69, 9.17) is 22.6 Å². The number of phenolic OH excluding ortho intramolecular Hbond substituents is 1. The molecule has 0 amide bonds. The Morgan fingerprint density at radius 3 is 2.86 bits per heavy atom. The summed E-state index contributed by atoms with van der Waals surface area (Å²) in [6, 6.07) is 4.79. The minimum atomic E-state index is -0.535. The van der Waals surface area contributed by atoms with E-state index in [1.54, 1.807) is 19.1 Å². The van der Waals surface area contributed by atoms with Crippen LogP contribution in [0.4, 0.5) is 0 Å². The van der Waals surface area contributed by atoms with E-state index in [0.717, 1.165) is 0 Å². The SMILES string of the molecule is Cc1ccc(Cl)c([C@@H](N)CC#N)c1O. The maximum atomic E-state index is 9.70. The Morgan fingerprint density at radius 1 is 1.64 bits per heavy atom. The summed E-state index contributed by atoms with van der Waals surface area (Å²) in [6.07, 6.45) is 0.136. The Kier molecular flexibility index (Phi) is 3.34. The van der Waals surface area contributed by atoms with Crippen molar-refractivity contribution in [1.82, 2.24) is 0 Å². The number of hydrogen-bond donors (Lipinski definition) is 2. The van der Waals surface area contributed by atoms with Crippen LogP contribution in [0.5, 0.6) is 5.75 Å². The predicted octanol–water partition coefficient (Wildman–Crippen LogP) is 2.27. The van der Waals surface area contributed by atoms with E-state index in [-0.39, 0.29) is 12.2 Å². The second-order valence-electron chi connectivity index (χ2n) is 3.10. The number of nitriles is 1. The van der Waals surface area contributed by atoms with Crippen molar-refractivity contribution >= 4 is 11.6 Å². The van der Waals surface area contributed by atoms with Crippen molar-refractivity contribution in [2.75, 3.05) is 0 Å². The highest BCUT2D eigenvalue weighted by molar-refractivity contribution is 6.31. The molecular formula is C10H11ClN2O. The van der Waals surface area contributed by atoms with Gasteiger partial charge in [-0.3, -0.25) is 0 Å². The van der Waals surface area contributed by atoms with Gasteiger partial charge in [0.2, 0.25) is 0 Å². The molecule has 0 saturated heterocycles. The van der Waals surface area contributed by atoms with E-state index in [1.165, 1.54) is 0 Å². The summed E-state index contributed by atoms with van der Waals surface area (Å²) in [5.74, 6) is 0.0836. The standard InChI is InChI=1S/C10H11ClN2O/c1-6-2-3-7(11)9(10(6)14)8(13)4-5-12/h2-3,8,14H,4,13H2,1H3/t8-/m0/s1. The van der Waals surface area contributed by atoms with E-state index in [2.05, 4.69) is 0 Å². The molecule has 0 aliphatic rings. The Bertz CT molecular complexity index is 384. The van der Waals surface area contributed by atoms with Crippen molar-refractivity contribution in [1.29, 1.82) is 5.26 Å². The summed E-state index contributed by atoms with van der Waals surface area (Å²) < 4.78 is 0. The highest BCUT2D eigenvalue weighted by Gasteiger charge is 2.16. The number of aryl methyl sites for hydroxylation is 1. The molecule has 1 rings (SSSR count). The average Bonchev–Trinajstić information content (AvgIpc) is 2.13. The first-order valence-corrected chi connectivity index (χ1v) is 4.56. The topological polar surface area (TPSA) is 70.0 Å². The summed E-state index contributed by atoms with van der Waals surface area (Å²) in [4.78, 5) is 0. The zero-order valence-corrected chi connectivity index (χ0v) is 8.54. The van der Waals surface area contributed by atoms with E-state index >= 15 is 0 Å². The number of benzene rings is 1. The lowest BCUT2D eigenvalue weighted by Crippen LogP contribution is -2.10. The maximum Gasteiger partial charge on any atom is 0.124 e. The Labute approximate surface area is 87.7 Å². The zero-order chi connectivity index (χ0) is 10.7. The molecule has 0 bridgehead atoms. The first-order chi connectivity index (χ1) is 6.57. The van der Waals surface area contributed by atoms with Gasteiger partial charge in [-0.05, 0) is 18.6 Å². The van der Waals surface area contributed by atoms with Crippen LogP contribution in [0.15, 0.2) is 12.1 Å². The smallest absolute Gasteiger partial charge is 0.124 e. The fourth-order valence-electron chi connectivity index (χ4n) is 1.25. The highest BCUT2D eigenvalue weighted by atomic mass is 35.5. The minimum Gasteiger partial charge on any atom is -0.507 e. The number of rotatable bonds is 2. The number of nitrogens with two attached hydrogens (primary N) is 1. The molecule has 14 heavy (non-hydrogen) atoms. The summed E-state index contributed by atoms with van der Waals surface area (Å²) >= 11 is 5.88. The number of nitrogens with zero attached hydrogens (tertiary/aromatic N) is 1. The lowest BCUT2D eigenvalue weighted by atomic mass is 10.0. The minimum absolute atomic E-state index is 0.0836. The van der Waals surface area contributed by atoms with Gasteiger partial charge in [-0.25, -0.2) is 0 Å². The molecule has 74 valence electrons. The van der Waals surface area contributed by atoms with Gasteiger partial charge in [0.15, 0.2) is 0 Å². The summed E-state index contributed by atoms with van der Waals surface area (Å²) in [6.45, 7) is 1.76. The summed E-state index contributed by atoms with van der Waals surface area (Å²) in [5.41, 5.74) is 6.87. The molecule has 0 fully saturated rings. The monoisotopic (exact) mass is 210 g/mol. The van der Waals surface area contributed by atoms with Crippen LogP contribution in [0.2, 0.25) is 5.02 Å². The number of halogens is 1. The molecule has 0 heterocycles. The van der Waals surface area contributed by atoms with Gasteiger partial charge < -0.3 is 10.8 Å². The van der Waals surface area contributed by atoms with Crippen molar-refractivity contribution < 1.29 is 5.11 Å². The van der Waals surface area contributed by atoms with Crippen LogP contribution in [-0.2, 0) is 0 Å². The molecule has 0 spiro atoms. The lowest BCUT2D eigenvalue weighted by molar-refractivity contribution is 0.458. The quantitative estimate of drug-likeness (QED) is 0.787. The predicted molar refractivity (Wildman–Crippen MR) is 55.0 cm³/mol. The molecule has 1 atom stereocenters. The Morgan fingerprint density at radius 2 is 2.29 bits per heavy atom. The Balaban J connectivity index is 3.19. The lowest BCUT2D eigenvalue weighted by Gasteiger charge is -2.13. The summed E-state index contributed by atoms with van der Waals surface area (Å²) in [7, 11) is 0. The van der Waals surface area contributed by atoms with Gasteiger partial charge in [-0.2, -0.15) is 5.26 Å². The molecule has 1 aromatic rings. The largest absolute Gasteiger partial charge is 0.507 e. The van der Waals surface area contributed by atoms with Gasteiger partial charge in [-0.1, -0.05) is 17.7 Å². The van der Waals surface area contributed by atoms with E-state index in [9.17, 15) is 5.11 Å². The average molecular weight is 211 g/mol. The van der Waals surface area contributed by atoms with Crippen molar-refractivity contribution in [2.45, 2.75) is 19.4 Å². The van der Waals surface area contributed by atoms with Crippen molar-refractivity contribution in [3.05, 3.63) is 28.3 Å². The molecule has 4 heteroatoms. The van der Waals surface area contributed by atoms with Gasteiger partial charge in [0.1, 0.15) is 5.75 Å². The normalized spacial score (nSPS) is 12.1. The molecular weight excluding hydrogens is 200 g/mol. The van der Waals surface area contributed by atoms with Crippen molar-refractivity contribution in [3.8, 4) is 11.8 Å². The molecule has 3 nitrogen and oxygen atoms in total. The van der Waals surface area contributed by atoms with Crippen molar-refractivity contribution in [2.24, 2.45) is 5.73 Å². The molecule has 3 N–H and O–H groups in total. The van der Waals surface area contributed by atoms with Gasteiger partial charge in [0, 0.05) is 16.6 Å². The zero-order valence-electron chi connectivity index (χ0n) is 7.79. The second kappa shape index (κ2) is 4.32. The molecule has 0 saturated carbocycles. The fraction of sp³-hybridized carbons (Fsp3) is 0.300. The molecule has 0 aliphatic heterocycles. The molecule has 1 aromatic carbocycles. The van der Waals surface area contributed by atoms with E-state index in [1.807, 2.05) is 6.07 Å². The summed E-state index contributed by atoms with van der Waals surface area (Å²) in [5, 5.41) is 18.6. The number of aromatic hydroxyl groups is 1. The van der Waals surface area contributed by atoms with Crippen LogP contribution in [0.3, 0.4) is 0 Å². The van der Waals surface area contributed by atoms with Gasteiger partial charge >= 0.3 is 0 Å². The van der Waals surface area contributed by atoms with Crippen LogP contribution in [0.1, 0.15) is 23.6 Å². The second-order valence-corrected chi connectivity index (χ2v) is 3.50. The van der Waals surface area contributed by atoms with E-state index in [0.29, 0.717) is 16.1 Å². The third-order valence-electron chi connectivity index (χ3n) is 2.05. The maximum absolute atomic E-state index is 9.70. The number of phenols is 1. The van der Waals surface area contributed by atoms with Gasteiger partial charge in [0.25, 0.3) is 0 Å². The fourth-order valence-corrected chi connectivity index (χ4v) is 1.54. The molecule has 0 unspecified atom stereocenters. The Hall–Kier alpha value is -1.24. The third kappa shape index (κ3) is 1.98. The third-order valence-corrected chi connectivity index (χ3v) is 2.38. The number of hydrogen-bond acceptors (Lipinski definition) is 3.